The quantitative estimate of drug-likeness (QED) is 0.682. The van der Waals surface area contributed by atoms with Gasteiger partial charge in [0.05, 0.1) is 14.2 Å². The molecule has 28 heavy (non-hydrogen) atoms. The highest BCUT2D eigenvalue weighted by Crippen LogP contribution is 2.31. The number of piperidine rings is 1. The zero-order valence-corrected chi connectivity index (χ0v) is 16.2. The summed E-state index contributed by atoms with van der Waals surface area (Å²) in [4.78, 5) is 19.7. The highest BCUT2D eigenvalue weighted by Gasteiger charge is 2.27. The van der Waals surface area contributed by atoms with Gasteiger partial charge in [0, 0.05) is 41.8 Å². The summed E-state index contributed by atoms with van der Waals surface area (Å²) in [7, 11) is 3.17. The maximum Gasteiger partial charge on any atom is 0.254 e. The second-order valence-corrected chi connectivity index (χ2v) is 7.12. The third-order valence-electron chi connectivity index (χ3n) is 5.41. The van der Waals surface area contributed by atoms with Gasteiger partial charge in [0.2, 0.25) is 0 Å². The van der Waals surface area contributed by atoms with Crippen LogP contribution < -0.4 is 9.47 Å². The molecule has 4 rings (SSSR count). The molecule has 1 amide bonds. The summed E-state index contributed by atoms with van der Waals surface area (Å²) in [5.41, 5.74) is 1.67. The second-order valence-electron chi connectivity index (χ2n) is 7.12. The van der Waals surface area contributed by atoms with Crippen LogP contribution in [0.4, 0.5) is 0 Å². The fourth-order valence-electron chi connectivity index (χ4n) is 3.88. The Morgan fingerprint density at radius 2 is 1.82 bits per heavy atom. The van der Waals surface area contributed by atoms with Gasteiger partial charge in [0.25, 0.3) is 5.91 Å². The molecule has 0 saturated carbocycles. The predicted molar refractivity (Wildman–Crippen MR) is 109 cm³/mol. The molecule has 2 aromatic carbocycles. The molecule has 1 aliphatic rings. The third-order valence-corrected chi connectivity index (χ3v) is 5.41. The first kappa shape index (κ1) is 18.3. The van der Waals surface area contributed by atoms with Crippen LogP contribution in [0.3, 0.4) is 0 Å². The number of hydrogen-bond acceptors (Lipinski definition) is 4. The smallest absolute Gasteiger partial charge is 0.254 e. The molecule has 0 spiro atoms. The van der Waals surface area contributed by atoms with Gasteiger partial charge >= 0.3 is 0 Å². The highest BCUT2D eigenvalue weighted by molar-refractivity contribution is 5.95. The van der Waals surface area contributed by atoms with Crippen molar-refractivity contribution in [1.82, 2.24) is 9.88 Å². The largest absolute Gasteiger partial charge is 0.493 e. The number of carbonyl (C=O) groups excluding carboxylic acids is 1. The standard InChI is InChI=1S/C23H24N2O3/c1-27-21-10-9-17(13-22(21)28-2)23(26)25-11-5-8-19(15-25)20-12-16-6-3-4-7-18(16)14-24-20/h3-4,6-7,9-10,12-14,19H,5,8,11,15H2,1-2H3/t19-/m1/s1. The Kier molecular flexibility index (Phi) is 5.15. The van der Waals surface area contributed by atoms with Crippen molar-refractivity contribution < 1.29 is 14.3 Å². The number of fused-ring (bicyclic) bond motifs is 1. The van der Waals surface area contributed by atoms with Crippen molar-refractivity contribution in [2.45, 2.75) is 18.8 Å². The molecule has 0 aliphatic carbocycles. The van der Waals surface area contributed by atoms with Crippen LogP contribution in [0.5, 0.6) is 11.5 Å². The fourth-order valence-corrected chi connectivity index (χ4v) is 3.88. The van der Waals surface area contributed by atoms with E-state index in [1.165, 1.54) is 5.39 Å². The summed E-state index contributed by atoms with van der Waals surface area (Å²) in [5.74, 6) is 1.46. The van der Waals surface area contributed by atoms with Crippen molar-refractivity contribution in [3.05, 3.63) is 66.0 Å². The van der Waals surface area contributed by atoms with Gasteiger partial charge in [-0.2, -0.15) is 0 Å². The number of methoxy groups -OCH3 is 2. The molecule has 1 fully saturated rings. The van der Waals surface area contributed by atoms with Crippen molar-refractivity contribution in [2.75, 3.05) is 27.3 Å². The molecule has 5 nitrogen and oxygen atoms in total. The number of hydrogen-bond donors (Lipinski definition) is 0. The molecule has 1 saturated heterocycles. The van der Waals surface area contributed by atoms with E-state index < -0.39 is 0 Å². The van der Waals surface area contributed by atoms with Crippen molar-refractivity contribution >= 4 is 16.7 Å². The van der Waals surface area contributed by atoms with Crippen LogP contribution >= 0.6 is 0 Å². The number of amides is 1. The van der Waals surface area contributed by atoms with Crippen molar-refractivity contribution in [3.8, 4) is 11.5 Å². The number of ether oxygens (including phenoxy) is 2. The number of likely N-dealkylation sites (tertiary alicyclic amines) is 1. The first-order chi connectivity index (χ1) is 13.7. The van der Waals surface area contributed by atoms with E-state index in [-0.39, 0.29) is 11.8 Å². The van der Waals surface area contributed by atoms with Crippen LogP contribution in [-0.2, 0) is 0 Å². The number of nitrogens with zero attached hydrogens (tertiary/aromatic N) is 2. The van der Waals surface area contributed by atoms with Crippen LogP contribution in [0, 0.1) is 0 Å². The molecule has 5 heteroatoms. The summed E-state index contributed by atoms with van der Waals surface area (Å²) < 4.78 is 10.6. The monoisotopic (exact) mass is 376 g/mol. The minimum absolute atomic E-state index is 0.0199. The lowest BCUT2D eigenvalue weighted by Crippen LogP contribution is -2.39. The normalized spacial score (nSPS) is 16.8. The number of aromatic nitrogens is 1. The van der Waals surface area contributed by atoms with Gasteiger partial charge in [0.1, 0.15) is 0 Å². The highest BCUT2D eigenvalue weighted by atomic mass is 16.5. The maximum absolute atomic E-state index is 13.1. The first-order valence-corrected chi connectivity index (χ1v) is 9.55. The van der Waals surface area contributed by atoms with Crippen LogP contribution in [0.15, 0.2) is 54.7 Å². The fraction of sp³-hybridized carbons (Fsp3) is 0.304. The zero-order valence-electron chi connectivity index (χ0n) is 16.2. The van der Waals surface area contributed by atoms with Crippen LogP contribution in [0.2, 0.25) is 0 Å². The van der Waals surface area contributed by atoms with Gasteiger partial charge < -0.3 is 14.4 Å². The average molecular weight is 376 g/mol. The molecule has 144 valence electrons. The lowest BCUT2D eigenvalue weighted by atomic mass is 9.93. The van der Waals surface area contributed by atoms with E-state index >= 15 is 0 Å². The Labute approximate surface area is 164 Å². The van der Waals surface area contributed by atoms with Gasteiger partial charge in [-0.05, 0) is 42.5 Å². The summed E-state index contributed by atoms with van der Waals surface area (Å²) in [6, 6.07) is 15.7. The molecule has 0 N–H and O–H groups in total. The van der Waals surface area contributed by atoms with E-state index in [4.69, 9.17) is 9.47 Å². The van der Waals surface area contributed by atoms with Gasteiger partial charge in [-0.3, -0.25) is 9.78 Å². The second kappa shape index (κ2) is 7.89. The van der Waals surface area contributed by atoms with Gasteiger partial charge in [-0.15, -0.1) is 0 Å². The van der Waals surface area contributed by atoms with Crippen molar-refractivity contribution in [3.63, 3.8) is 0 Å². The third kappa shape index (κ3) is 3.52. The molecule has 2 heterocycles. The van der Waals surface area contributed by atoms with Crippen molar-refractivity contribution in [1.29, 1.82) is 0 Å². The summed E-state index contributed by atoms with van der Waals surface area (Å²) >= 11 is 0. The van der Waals surface area contributed by atoms with Crippen molar-refractivity contribution in [2.24, 2.45) is 0 Å². The summed E-state index contributed by atoms with van der Waals surface area (Å²) in [6.07, 6.45) is 3.94. The molecule has 1 atom stereocenters. The lowest BCUT2D eigenvalue weighted by Gasteiger charge is -2.32. The van der Waals surface area contributed by atoms with Gasteiger partial charge in [-0.1, -0.05) is 24.3 Å². The Hall–Kier alpha value is -3.08. The minimum Gasteiger partial charge on any atom is -0.493 e. The number of carbonyl (C=O) groups is 1. The van der Waals surface area contributed by atoms with E-state index in [9.17, 15) is 4.79 Å². The van der Waals surface area contributed by atoms with Crippen LogP contribution in [-0.4, -0.2) is 43.1 Å². The molecule has 3 aromatic rings. The predicted octanol–water partition coefficient (Wildman–Crippen LogP) is 4.27. The van der Waals surface area contributed by atoms with Crippen LogP contribution in [0.25, 0.3) is 10.8 Å². The SMILES string of the molecule is COc1ccc(C(=O)N2CCC[C@@H](c3cc4ccccc4cn3)C2)cc1OC. The maximum atomic E-state index is 13.1. The van der Waals surface area contributed by atoms with E-state index in [0.717, 1.165) is 30.5 Å². The topological polar surface area (TPSA) is 51.7 Å². The Morgan fingerprint density at radius 1 is 1.04 bits per heavy atom. The minimum atomic E-state index is 0.0199. The van der Waals surface area contributed by atoms with E-state index in [1.807, 2.05) is 23.2 Å². The molecular weight excluding hydrogens is 352 g/mol. The number of benzene rings is 2. The average Bonchev–Trinajstić information content (AvgIpc) is 2.77. The lowest BCUT2D eigenvalue weighted by molar-refractivity contribution is 0.0705. The summed E-state index contributed by atoms with van der Waals surface area (Å²) in [5, 5.41) is 2.33. The van der Waals surface area contributed by atoms with E-state index in [2.05, 4.69) is 23.2 Å². The summed E-state index contributed by atoms with van der Waals surface area (Å²) in [6.45, 7) is 1.44. The Balaban J connectivity index is 1.55. The molecule has 0 unspecified atom stereocenters. The van der Waals surface area contributed by atoms with Crippen LogP contribution in [0.1, 0.15) is 34.8 Å². The number of pyridine rings is 1. The molecule has 0 bridgehead atoms. The Bertz CT molecular complexity index is 1000. The molecular formula is C23H24N2O3. The molecule has 1 aromatic heterocycles. The van der Waals surface area contributed by atoms with Gasteiger partial charge in [0.15, 0.2) is 11.5 Å². The first-order valence-electron chi connectivity index (χ1n) is 9.55. The van der Waals surface area contributed by atoms with Gasteiger partial charge in [-0.25, -0.2) is 0 Å². The van der Waals surface area contributed by atoms with E-state index in [1.54, 1.807) is 32.4 Å². The molecule has 0 radical (unpaired) electrons. The zero-order chi connectivity index (χ0) is 19.5. The number of rotatable bonds is 4. The van der Waals surface area contributed by atoms with E-state index in [0.29, 0.717) is 23.6 Å². The Morgan fingerprint density at radius 3 is 2.61 bits per heavy atom. The molecule has 1 aliphatic heterocycles.